The molecule has 102 valence electrons. The lowest BCUT2D eigenvalue weighted by Crippen LogP contribution is -1.90. The molecule has 0 aromatic heterocycles. The molecular weight excluding hydrogens is 260 g/mol. The number of aliphatic imine (C=N–C) groups is 1. The van der Waals surface area contributed by atoms with Gasteiger partial charge in [-0.1, -0.05) is 12.1 Å². The lowest BCUT2D eigenvalue weighted by Gasteiger charge is -2.03. The average molecular weight is 272 g/mol. The van der Waals surface area contributed by atoms with Gasteiger partial charge in [0.15, 0.2) is 0 Å². The van der Waals surface area contributed by atoms with Crippen LogP contribution in [0.15, 0.2) is 41.4 Å². The Hall–Kier alpha value is -2.89. The van der Waals surface area contributed by atoms with E-state index in [4.69, 9.17) is 0 Å². The molecule has 0 radical (unpaired) electrons. The van der Waals surface area contributed by atoms with Crippen molar-refractivity contribution in [2.75, 3.05) is 0 Å². The second kappa shape index (κ2) is 5.40. The summed E-state index contributed by atoms with van der Waals surface area (Å²) in [6, 6.07) is 8.62. The van der Waals surface area contributed by atoms with E-state index in [9.17, 15) is 20.3 Å². The van der Waals surface area contributed by atoms with Gasteiger partial charge in [-0.05, 0) is 24.6 Å². The highest BCUT2D eigenvalue weighted by Gasteiger charge is 2.09. The lowest BCUT2D eigenvalue weighted by atomic mass is 10.1. The van der Waals surface area contributed by atoms with Crippen LogP contribution in [0.25, 0.3) is 0 Å². The van der Waals surface area contributed by atoms with Gasteiger partial charge in [0, 0.05) is 23.9 Å². The van der Waals surface area contributed by atoms with Crippen molar-refractivity contribution in [1.29, 1.82) is 0 Å². The van der Waals surface area contributed by atoms with Crippen molar-refractivity contribution in [1.82, 2.24) is 0 Å². The number of hydrogen-bond donors (Lipinski definition) is 2. The van der Waals surface area contributed by atoms with Crippen molar-refractivity contribution in [3.63, 3.8) is 0 Å². The fraction of sp³-hybridized carbons (Fsp3) is 0.0714. The quantitative estimate of drug-likeness (QED) is 0.510. The molecule has 0 aliphatic heterocycles. The number of rotatable bonds is 3. The number of non-ortho nitro benzene ring substituents is 1. The number of nitro benzene ring substituents is 1. The van der Waals surface area contributed by atoms with Gasteiger partial charge in [-0.15, -0.1) is 0 Å². The predicted octanol–water partition coefficient (Wildman–Crippen LogP) is 3.07. The molecule has 0 saturated carbocycles. The maximum Gasteiger partial charge on any atom is 0.270 e. The van der Waals surface area contributed by atoms with Gasteiger partial charge in [0.25, 0.3) is 5.69 Å². The van der Waals surface area contributed by atoms with Crippen molar-refractivity contribution in [3.05, 3.63) is 57.6 Å². The minimum absolute atomic E-state index is 0.00571. The number of hydrogen-bond acceptors (Lipinski definition) is 5. The SMILES string of the molecule is Cc1cccc(O)c1N=Cc1cc([N+](=O)[O-])ccc1O. The first-order valence-corrected chi connectivity index (χ1v) is 5.79. The number of aromatic hydroxyl groups is 2. The Morgan fingerprint density at radius 3 is 2.60 bits per heavy atom. The molecule has 6 nitrogen and oxygen atoms in total. The van der Waals surface area contributed by atoms with Crippen LogP contribution < -0.4 is 0 Å². The summed E-state index contributed by atoms with van der Waals surface area (Å²) < 4.78 is 0. The third-order valence-electron chi connectivity index (χ3n) is 2.77. The predicted molar refractivity (Wildman–Crippen MR) is 74.9 cm³/mol. The molecule has 20 heavy (non-hydrogen) atoms. The molecule has 0 unspecified atom stereocenters. The van der Waals surface area contributed by atoms with E-state index in [1.807, 2.05) is 0 Å². The zero-order chi connectivity index (χ0) is 14.7. The Labute approximate surface area is 114 Å². The molecule has 0 aliphatic rings. The third kappa shape index (κ3) is 2.74. The van der Waals surface area contributed by atoms with E-state index in [2.05, 4.69) is 4.99 Å². The van der Waals surface area contributed by atoms with E-state index in [0.29, 0.717) is 5.69 Å². The summed E-state index contributed by atoms with van der Waals surface area (Å²) in [7, 11) is 0. The van der Waals surface area contributed by atoms with Crippen LogP contribution in [0, 0.1) is 17.0 Å². The number of phenolic OH excluding ortho intramolecular Hbond substituents is 2. The van der Waals surface area contributed by atoms with Crippen LogP contribution in [0.2, 0.25) is 0 Å². The highest BCUT2D eigenvalue weighted by atomic mass is 16.6. The van der Waals surface area contributed by atoms with E-state index in [1.165, 1.54) is 30.5 Å². The molecule has 0 fully saturated rings. The number of benzene rings is 2. The van der Waals surface area contributed by atoms with Gasteiger partial charge in [-0.25, -0.2) is 0 Å². The Kier molecular flexibility index (Phi) is 3.65. The molecule has 0 spiro atoms. The molecule has 0 amide bonds. The molecule has 0 bridgehead atoms. The second-order valence-electron chi connectivity index (χ2n) is 4.20. The fourth-order valence-electron chi connectivity index (χ4n) is 1.70. The van der Waals surface area contributed by atoms with Crippen LogP contribution in [0.1, 0.15) is 11.1 Å². The molecule has 0 aliphatic carbocycles. The second-order valence-corrected chi connectivity index (χ2v) is 4.20. The highest BCUT2D eigenvalue weighted by Crippen LogP contribution is 2.30. The van der Waals surface area contributed by atoms with E-state index < -0.39 is 4.92 Å². The summed E-state index contributed by atoms with van der Waals surface area (Å²) in [4.78, 5) is 14.2. The molecule has 0 saturated heterocycles. The van der Waals surface area contributed by atoms with Crippen LogP contribution in [0.4, 0.5) is 11.4 Å². The van der Waals surface area contributed by atoms with Crippen molar-refractivity contribution >= 4 is 17.6 Å². The number of nitro groups is 1. The Morgan fingerprint density at radius 2 is 1.95 bits per heavy atom. The first-order valence-electron chi connectivity index (χ1n) is 5.79. The molecule has 2 aromatic carbocycles. The molecule has 2 aromatic rings. The average Bonchev–Trinajstić information content (AvgIpc) is 2.39. The number of phenols is 2. The van der Waals surface area contributed by atoms with E-state index in [-0.39, 0.29) is 22.7 Å². The van der Waals surface area contributed by atoms with Gasteiger partial charge < -0.3 is 10.2 Å². The maximum atomic E-state index is 10.7. The summed E-state index contributed by atoms with van der Waals surface area (Å²) in [5, 5.41) is 30.0. The number of para-hydroxylation sites is 1. The molecule has 2 N–H and O–H groups in total. The molecular formula is C14H12N2O4. The van der Waals surface area contributed by atoms with Crippen LogP contribution in [-0.4, -0.2) is 21.4 Å². The highest BCUT2D eigenvalue weighted by molar-refractivity contribution is 5.87. The zero-order valence-corrected chi connectivity index (χ0v) is 10.6. The summed E-state index contributed by atoms with van der Waals surface area (Å²) in [6.45, 7) is 1.78. The van der Waals surface area contributed by atoms with Gasteiger partial charge in [0.2, 0.25) is 0 Å². The number of aryl methyl sites for hydroxylation is 1. The summed E-state index contributed by atoms with van der Waals surface area (Å²) in [5.41, 5.74) is 1.18. The largest absolute Gasteiger partial charge is 0.507 e. The minimum Gasteiger partial charge on any atom is -0.507 e. The topological polar surface area (TPSA) is 96.0 Å². The zero-order valence-electron chi connectivity index (χ0n) is 10.6. The summed E-state index contributed by atoms with van der Waals surface area (Å²) in [6.07, 6.45) is 1.28. The van der Waals surface area contributed by atoms with Gasteiger partial charge in [0.1, 0.15) is 17.2 Å². The minimum atomic E-state index is -0.554. The van der Waals surface area contributed by atoms with Crippen molar-refractivity contribution in [3.8, 4) is 11.5 Å². The first-order chi connectivity index (χ1) is 9.49. The van der Waals surface area contributed by atoms with Crippen LogP contribution in [-0.2, 0) is 0 Å². The lowest BCUT2D eigenvalue weighted by molar-refractivity contribution is -0.384. The summed E-state index contributed by atoms with van der Waals surface area (Å²) in [5.74, 6) is -0.112. The van der Waals surface area contributed by atoms with E-state index in [1.54, 1.807) is 19.1 Å². The molecule has 2 rings (SSSR count). The molecule has 6 heteroatoms. The van der Waals surface area contributed by atoms with Crippen molar-refractivity contribution < 1.29 is 15.1 Å². The fourth-order valence-corrected chi connectivity index (χ4v) is 1.70. The van der Waals surface area contributed by atoms with Gasteiger partial charge >= 0.3 is 0 Å². The van der Waals surface area contributed by atoms with E-state index in [0.717, 1.165) is 5.56 Å². The number of nitrogens with zero attached hydrogens (tertiary/aromatic N) is 2. The van der Waals surface area contributed by atoms with Crippen LogP contribution in [0.5, 0.6) is 11.5 Å². The van der Waals surface area contributed by atoms with Crippen molar-refractivity contribution in [2.24, 2.45) is 4.99 Å². The normalized spacial score (nSPS) is 10.8. The molecule has 0 atom stereocenters. The van der Waals surface area contributed by atoms with E-state index >= 15 is 0 Å². The summed E-state index contributed by atoms with van der Waals surface area (Å²) >= 11 is 0. The smallest absolute Gasteiger partial charge is 0.270 e. The Balaban J connectivity index is 2.41. The maximum absolute atomic E-state index is 10.7. The van der Waals surface area contributed by atoms with Crippen LogP contribution >= 0.6 is 0 Å². The van der Waals surface area contributed by atoms with Crippen molar-refractivity contribution in [2.45, 2.75) is 6.92 Å². The monoisotopic (exact) mass is 272 g/mol. The molecule has 0 heterocycles. The first kappa shape index (κ1) is 13.5. The van der Waals surface area contributed by atoms with Gasteiger partial charge in [-0.3, -0.25) is 15.1 Å². The van der Waals surface area contributed by atoms with Crippen LogP contribution in [0.3, 0.4) is 0 Å². The Bertz CT molecular complexity index is 675. The van der Waals surface area contributed by atoms with Gasteiger partial charge in [-0.2, -0.15) is 0 Å². The van der Waals surface area contributed by atoms with Gasteiger partial charge in [0.05, 0.1) is 4.92 Å². The third-order valence-corrected chi connectivity index (χ3v) is 2.77. The Morgan fingerprint density at radius 1 is 1.20 bits per heavy atom. The standard InChI is InChI=1S/C14H12N2O4/c1-9-3-2-4-13(18)14(9)15-8-10-7-11(16(19)20)5-6-12(10)17/h2-8,17-18H,1H3.